The molecule has 0 unspecified atom stereocenters. The molecule has 0 amide bonds. The number of rotatable bonds is 7. The number of halogens is 3. The fraction of sp³-hybridized carbons (Fsp3) is 0.333. The molecular formula is C18H22ClF2NO3S. The molecule has 4 nitrogen and oxygen atoms in total. The number of aliphatic hydroxyl groups excluding tert-OH is 1. The zero-order chi connectivity index (χ0) is 19.7. The summed E-state index contributed by atoms with van der Waals surface area (Å²) in [6, 6.07) is 7.12. The summed E-state index contributed by atoms with van der Waals surface area (Å²) >= 11 is 6.03. The second-order valence-electron chi connectivity index (χ2n) is 5.10. The molecule has 0 saturated carbocycles. The van der Waals surface area contributed by atoms with E-state index < -0.39 is 21.7 Å². The van der Waals surface area contributed by atoms with E-state index in [2.05, 4.69) is 4.72 Å². The van der Waals surface area contributed by atoms with Crippen molar-refractivity contribution in [2.24, 2.45) is 0 Å². The Morgan fingerprint density at radius 2 is 1.77 bits per heavy atom. The van der Waals surface area contributed by atoms with Crippen molar-refractivity contribution < 1.29 is 22.3 Å². The lowest BCUT2D eigenvalue weighted by atomic mass is 10.1. The molecule has 0 bridgehead atoms. The third-order valence-corrected chi connectivity index (χ3v) is 5.28. The molecule has 2 N–H and O–H groups in total. The van der Waals surface area contributed by atoms with E-state index in [0.717, 1.165) is 12.1 Å². The van der Waals surface area contributed by atoms with Gasteiger partial charge in [0.2, 0.25) is 10.0 Å². The summed E-state index contributed by atoms with van der Waals surface area (Å²) < 4.78 is 53.5. The van der Waals surface area contributed by atoms with Crippen LogP contribution in [0, 0.1) is 11.6 Å². The number of aliphatic hydroxyl groups is 1. The number of hydrogen-bond acceptors (Lipinski definition) is 3. The van der Waals surface area contributed by atoms with Crippen LogP contribution in [0.2, 0.25) is 5.02 Å². The van der Waals surface area contributed by atoms with Crippen molar-refractivity contribution >= 4 is 21.6 Å². The Kier molecular flexibility index (Phi) is 9.15. The highest BCUT2D eigenvalue weighted by Crippen LogP contribution is 2.30. The molecule has 2 aromatic rings. The molecule has 0 aliphatic heterocycles. The first-order valence-electron chi connectivity index (χ1n) is 8.20. The fourth-order valence-electron chi connectivity index (χ4n) is 2.13. The monoisotopic (exact) mass is 405 g/mol. The van der Waals surface area contributed by atoms with Crippen molar-refractivity contribution in [3.63, 3.8) is 0 Å². The highest BCUT2D eigenvalue weighted by molar-refractivity contribution is 7.89. The Labute approximate surface area is 157 Å². The highest BCUT2D eigenvalue weighted by atomic mass is 35.5. The van der Waals surface area contributed by atoms with Crippen LogP contribution in [-0.2, 0) is 10.0 Å². The van der Waals surface area contributed by atoms with Crippen molar-refractivity contribution in [1.29, 1.82) is 0 Å². The largest absolute Gasteiger partial charge is 0.396 e. The van der Waals surface area contributed by atoms with Gasteiger partial charge in [0.15, 0.2) is 0 Å². The van der Waals surface area contributed by atoms with E-state index in [4.69, 9.17) is 16.7 Å². The zero-order valence-corrected chi connectivity index (χ0v) is 16.2. The minimum absolute atomic E-state index is 0.0135. The van der Waals surface area contributed by atoms with Crippen LogP contribution < -0.4 is 4.72 Å². The van der Waals surface area contributed by atoms with Gasteiger partial charge in [0.1, 0.15) is 16.5 Å². The van der Waals surface area contributed by atoms with E-state index in [1.165, 1.54) is 24.3 Å². The quantitative estimate of drug-likeness (QED) is 0.672. The summed E-state index contributed by atoms with van der Waals surface area (Å²) in [6.45, 7) is 4.16. The van der Waals surface area contributed by atoms with Gasteiger partial charge in [-0.3, -0.25) is 0 Å². The zero-order valence-electron chi connectivity index (χ0n) is 14.6. The van der Waals surface area contributed by atoms with Crippen LogP contribution in [0.4, 0.5) is 8.78 Å². The highest BCUT2D eigenvalue weighted by Gasteiger charge is 2.18. The Morgan fingerprint density at radius 3 is 2.35 bits per heavy atom. The van der Waals surface area contributed by atoms with Crippen molar-refractivity contribution in [2.45, 2.75) is 31.6 Å². The molecular weight excluding hydrogens is 384 g/mol. The Hall–Kier alpha value is -1.54. The first-order valence-corrected chi connectivity index (χ1v) is 10.1. The van der Waals surface area contributed by atoms with Gasteiger partial charge in [0.05, 0.1) is 5.02 Å². The normalized spacial score (nSPS) is 11.0. The third-order valence-electron chi connectivity index (χ3n) is 3.34. The van der Waals surface area contributed by atoms with Crippen LogP contribution >= 0.6 is 11.6 Å². The molecule has 0 aromatic heterocycles. The molecule has 0 aliphatic rings. The number of nitrogens with one attached hydrogen (secondary N) is 1. The van der Waals surface area contributed by atoms with Gasteiger partial charge >= 0.3 is 0 Å². The third kappa shape index (κ3) is 6.02. The molecule has 0 radical (unpaired) electrons. The molecule has 144 valence electrons. The molecule has 26 heavy (non-hydrogen) atoms. The van der Waals surface area contributed by atoms with Gasteiger partial charge < -0.3 is 5.11 Å². The van der Waals surface area contributed by atoms with Gasteiger partial charge in [-0.2, -0.15) is 0 Å². The molecule has 0 aliphatic carbocycles. The minimum Gasteiger partial charge on any atom is -0.396 e. The number of sulfonamides is 1. The van der Waals surface area contributed by atoms with E-state index in [9.17, 15) is 17.2 Å². The number of benzene rings is 2. The number of hydrogen-bond donors (Lipinski definition) is 2. The Morgan fingerprint density at radius 1 is 1.08 bits per heavy atom. The van der Waals surface area contributed by atoms with Crippen LogP contribution in [0.5, 0.6) is 0 Å². The van der Waals surface area contributed by atoms with Gasteiger partial charge in [0.25, 0.3) is 0 Å². The standard InChI is InChI=1S/C16H16ClF2NO3S.C2H6/c17-14-9-11(13-5-4-12(18)10-15(13)19)3-6-16(14)24(22,23)20-7-1-2-8-21;1-2/h3-6,9-10,20-21H,1-2,7-8H2;1-2H3. The first-order chi connectivity index (χ1) is 12.3. The molecule has 0 saturated heterocycles. The number of unbranched alkanes of at least 4 members (excludes halogenated alkanes) is 1. The lowest BCUT2D eigenvalue weighted by Gasteiger charge is -2.10. The molecule has 2 aromatic carbocycles. The summed E-state index contributed by atoms with van der Waals surface area (Å²) in [5.41, 5.74) is 0.467. The van der Waals surface area contributed by atoms with Crippen LogP contribution in [-0.4, -0.2) is 26.7 Å². The van der Waals surface area contributed by atoms with E-state index >= 15 is 0 Å². The predicted molar refractivity (Wildman–Crippen MR) is 99.7 cm³/mol. The van der Waals surface area contributed by atoms with Crippen LogP contribution in [0.15, 0.2) is 41.3 Å². The van der Waals surface area contributed by atoms with Gasteiger partial charge in [0, 0.05) is 24.8 Å². The molecule has 2 rings (SSSR count). The molecule has 8 heteroatoms. The van der Waals surface area contributed by atoms with E-state index in [1.54, 1.807) is 0 Å². The maximum absolute atomic E-state index is 13.8. The summed E-state index contributed by atoms with van der Waals surface area (Å²) in [5.74, 6) is -1.46. The Bertz CT molecular complexity index is 829. The maximum Gasteiger partial charge on any atom is 0.242 e. The lowest BCUT2D eigenvalue weighted by molar-refractivity contribution is 0.285. The van der Waals surface area contributed by atoms with Gasteiger partial charge in [-0.05, 0) is 42.7 Å². The van der Waals surface area contributed by atoms with Crippen LogP contribution in [0.3, 0.4) is 0 Å². The van der Waals surface area contributed by atoms with Crippen LogP contribution in [0.25, 0.3) is 11.1 Å². The average Bonchev–Trinajstić information content (AvgIpc) is 2.60. The average molecular weight is 406 g/mol. The van der Waals surface area contributed by atoms with Crippen LogP contribution in [0.1, 0.15) is 26.7 Å². The summed E-state index contributed by atoms with van der Waals surface area (Å²) in [4.78, 5) is -0.126. The molecule has 0 heterocycles. The first kappa shape index (κ1) is 22.5. The molecule has 0 fully saturated rings. The van der Waals surface area contributed by atoms with Gasteiger partial charge in [-0.25, -0.2) is 21.9 Å². The van der Waals surface area contributed by atoms with E-state index in [1.807, 2.05) is 13.8 Å². The molecule has 0 atom stereocenters. The minimum atomic E-state index is -3.80. The Balaban J connectivity index is 0.00000163. The summed E-state index contributed by atoms with van der Waals surface area (Å²) in [7, 11) is -3.80. The lowest BCUT2D eigenvalue weighted by Crippen LogP contribution is -2.25. The van der Waals surface area contributed by atoms with Gasteiger partial charge in [-0.15, -0.1) is 0 Å². The van der Waals surface area contributed by atoms with Crippen molar-refractivity contribution in [1.82, 2.24) is 4.72 Å². The summed E-state index contributed by atoms with van der Waals surface area (Å²) in [6.07, 6.45) is 0.977. The van der Waals surface area contributed by atoms with Crippen molar-refractivity contribution in [3.8, 4) is 11.1 Å². The second kappa shape index (κ2) is 10.6. The van der Waals surface area contributed by atoms with Crippen molar-refractivity contribution in [3.05, 3.63) is 53.1 Å². The van der Waals surface area contributed by atoms with E-state index in [0.29, 0.717) is 18.4 Å². The molecule has 0 spiro atoms. The smallest absolute Gasteiger partial charge is 0.242 e. The topological polar surface area (TPSA) is 66.4 Å². The SMILES string of the molecule is CC.O=S(=O)(NCCCCO)c1ccc(-c2ccc(F)cc2F)cc1Cl. The maximum atomic E-state index is 13.8. The van der Waals surface area contributed by atoms with Crippen molar-refractivity contribution in [2.75, 3.05) is 13.2 Å². The predicted octanol–water partition coefficient (Wildman–Crippen LogP) is 4.36. The van der Waals surface area contributed by atoms with Gasteiger partial charge in [-0.1, -0.05) is 31.5 Å². The fourth-order valence-corrected chi connectivity index (χ4v) is 3.75. The second-order valence-corrected chi connectivity index (χ2v) is 7.24. The van der Waals surface area contributed by atoms with E-state index in [-0.39, 0.29) is 28.6 Å². The summed E-state index contributed by atoms with van der Waals surface area (Å²) in [5, 5.41) is 8.62.